The van der Waals surface area contributed by atoms with Gasteiger partial charge < -0.3 is 5.11 Å². The van der Waals surface area contributed by atoms with E-state index < -0.39 is 0 Å². The first-order valence-electron chi connectivity index (χ1n) is 5.08. The average Bonchev–Trinajstić information content (AvgIpc) is 2.54. The van der Waals surface area contributed by atoms with Crippen LogP contribution in [-0.2, 0) is 6.42 Å². The summed E-state index contributed by atoms with van der Waals surface area (Å²) in [6.07, 6.45) is 4.37. The van der Waals surface area contributed by atoms with Crippen LogP contribution in [0.15, 0.2) is 30.3 Å². The van der Waals surface area contributed by atoms with Crippen molar-refractivity contribution in [2.45, 2.75) is 31.8 Å². The summed E-state index contributed by atoms with van der Waals surface area (Å²) in [6, 6.07) is 10.5. The van der Waals surface area contributed by atoms with E-state index in [9.17, 15) is 5.11 Å². The van der Waals surface area contributed by atoms with Crippen LogP contribution in [-0.4, -0.2) is 11.2 Å². The molecule has 0 radical (unpaired) electrons. The molecule has 1 aromatic carbocycles. The van der Waals surface area contributed by atoms with Gasteiger partial charge in [-0.15, -0.1) is 0 Å². The number of hydrogen-bond acceptors (Lipinski definition) is 1. The number of aliphatic hydroxyl groups is 1. The predicted octanol–water partition coefficient (Wildman–Crippen LogP) is 2.39. The topological polar surface area (TPSA) is 20.2 Å². The third-order valence-corrected chi connectivity index (χ3v) is 2.96. The molecule has 1 aliphatic rings. The SMILES string of the molecule is OC1CCCC1Cc1ccccc1. The second kappa shape index (κ2) is 3.93. The van der Waals surface area contributed by atoms with Gasteiger partial charge in [-0.25, -0.2) is 0 Å². The fourth-order valence-corrected chi connectivity index (χ4v) is 2.17. The van der Waals surface area contributed by atoms with Gasteiger partial charge in [-0.2, -0.15) is 0 Å². The lowest BCUT2D eigenvalue weighted by atomic mass is 9.96. The van der Waals surface area contributed by atoms with Crippen molar-refractivity contribution in [2.24, 2.45) is 5.92 Å². The molecule has 1 fully saturated rings. The lowest BCUT2D eigenvalue weighted by Gasteiger charge is -2.13. The highest BCUT2D eigenvalue weighted by atomic mass is 16.3. The summed E-state index contributed by atoms with van der Waals surface area (Å²) in [5.41, 5.74) is 1.36. The molecule has 2 rings (SSSR count). The molecule has 2 atom stereocenters. The lowest BCUT2D eigenvalue weighted by Crippen LogP contribution is -2.15. The third-order valence-electron chi connectivity index (χ3n) is 2.96. The van der Waals surface area contributed by atoms with Crippen molar-refractivity contribution in [3.8, 4) is 0 Å². The predicted molar refractivity (Wildman–Crippen MR) is 53.5 cm³/mol. The van der Waals surface area contributed by atoms with Crippen molar-refractivity contribution in [1.82, 2.24) is 0 Å². The third kappa shape index (κ3) is 2.10. The maximum Gasteiger partial charge on any atom is 0.0571 e. The first-order valence-corrected chi connectivity index (χ1v) is 5.08. The van der Waals surface area contributed by atoms with Crippen LogP contribution in [0.5, 0.6) is 0 Å². The summed E-state index contributed by atoms with van der Waals surface area (Å²) < 4.78 is 0. The van der Waals surface area contributed by atoms with Crippen LogP contribution in [0.25, 0.3) is 0 Å². The summed E-state index contributed by atoms with van der Waals surface area (Å²) in [6.45, 7) is 0. The van der Waals surface area contributed by atoms with Crippen LogP contribution < -0.4 is 0 Å². The van der Waals surface area contributed by atoms with E-state index in [1.807, 2.05) is 6.07 Å². The van der Waals surface area contributed by atoms with Gasteiger partial charge in [0.2, 0.25) is 0 Å². The molecule has 70 valence electrons. The highest BCUT2D eigenvalue weighted by Gasteiger charge is 2.24. The standard InChI is InChI=1S/C12H16O/c13-12-8-4-7-11(12)9-10-5-2-1-3-6-10/h1-3,5-6,11-13H,4,7-9H2. The Bertz CT molecular complexity index is 255. The highest BCUT2D eigenvalue weighted by molar-refractivity contribution is 5.15. The maximum atomic E-state index is 9.65. The van der Waals surface area contributed by atoms with E-state index in [4.69, 9.17) is 0 Å². The highest BCUT2D eigenvalue weighted by Crippen LogP contribution is 2.28. The van der Waals surface area contributed by atoms with Gasteiger partial charge in [0.15, 0.2) is 0 Å². The molecule has 0 spiro atoms. The molecule has 1 saturated carbocycles. The molecule has 1 nitrogen and oxygen atoms in total. The van der Waals surface area contributed by atoms with Crippen LogP contribution in [0, 0.1) is 5.92 Å². The van der Waals surface area contributed by atoms with E-state index in [2.05, 4.69) is 24.3 Å². The quantitative estimate of drug-likeness (QED) is 0.733. The molecule has 1 N–H and O–H groups in total. The Morgan fingerprint density at radius 3 is 2.54 bits per heavy atom. The molecule has 2 unspecified atom stereocenters. The Kier molecular flexibility index (Phi) is 2.65. The first kappa shape index (κ1) is 8.76. The Morgan fingerprint density at radius 2 is 1.92 bits per heavy atom. The van der Waals surface area contributed by atoms with E-state index in [1.54, 1.807) is 0 Å². The minimum Gasteiger partial charge on any atom is -0.393 e. The molecule has 13 heavy (non-hydrogen) atoms. The Hall–Kier alpha value is -0.820. The number of rotatable bonds is 2. The van der Waals surface area contributed by atoms with Crippen molar-refractivity contribution in [3.05, 3.63) is 35.9 Å². The summed E-state index contributed by atoms with van der Waals surface area (Å²) in [7, 11) is 0. The minimum absolute atomic E-state index is 0.0554. The number of aliphatic hydroxyl groups excluding tert-OH is 1. The fourth-order valence-electron chi connectivity index (χ4n) is 2.17. The molecule has 1 heteroatoms. The molecule has 0 amide bonds. The molecule has 1 aromatic rings. The summed E-state index contributed by atoms with van der Waals surface area (Å²) in [5.74, 6) is 0.502. The van der Waals surface area contributed by atoms with Gasteiger partial charge in [-0.3, -0.25) is 0 Å². The monoisotopic (exact) mass is 176 g/mol. The Balaban J connectivity index is 1.98. The Morgan fingerprint density at radius 1 is 1.15 bits per heavy atom. The van der Waals surface area contributed by atoms with E-state index >= 15 is 0 Å². The van der Waals surface area contributed by atoms with Crippen molar-refractivity contribution >= 4 is 0 Å². The zero-order valence-corrected chi connectivity index (χ0v) is 7.82. The molecule has 0 heterocycles. The van der Waals surface area contributed by atoms with Crippen LogP contribution in [0.4, 0.5) is 0 Å². The van der Waals surface area contributed by atoms with Gasteiger partial charge in [-0.05, 0) is 30.7 Å². The van der Waals surface area contributed by atoms with Crippen LogP contribution in [0.3, 0.4) is 0 Å². The lowest BCUT2D eigenvalue weighted by molar-refractivity contribution is 0.132. The van der Waals surface area contributed by atoms with E-state index in [0.717, 1.165) is 12.8 Å². The summed E-state index contributed by atoms with van der Waals surface area (Å²) >= 11 is 0. The molecular formula is C12H16O. The first-order chi connectivity index (χ1) is 6.36. The van der Waals surface area contributed by atoms with Crippen LogP contribution >= 0.6 is 0 Å². The van der Waals surface area contributed by atoms with Gasteiger partial charge in [0, 0.05) is 0 Å². The van der Waals surface area contributed by atoms with Gasteiger partial charge in [0.25, 0.3) is 0 Å². The summed E-state index contributed by atoms with van der Waals surface area (Å²) in [4.78, 5) is 0. The largest absolute Gasteiger partial charge is 0.393 e. The Labute approximate surface area is 79.4 Å². The average molecular weight is 176 g/mol. The van der Waals surface area contributed by atoms with E-state index in [1.165, 1.54) is 18.4 Å². The van der Waals surface area contributed by atoms with Crippen molar-refractivity contribution in [1.29, 1.82) is 0 Å². The van der Waals surface area contributed by atoms with Crippen LogP contribution in [0.2, 0.25) is 0 Å². The van der Waals surface area contributed by atoms with Gasteiger partial charge in [0.1, 0.15) is 0 Å². The van der Waals surface area contributed by atoms with Gasteiger partial charge >= 0.3 is 0 Å². The molecule has 0 aliphatic heterocycles. The maximum absolute atomic E-state index is 9.65. The normalized spacial score (nSPS) is 27.8. The second-order valence-electron chi connectivity index (χ2n) is 3.95. The van der Waals surface area contributed by atoms with Crippen molar-refractivity contribution in [3.63, 3.8) is 0 Å². The zero-order chi connectivity index (χ0) is 9.10. The number of benzene rings is 1. The fraction of sp³-hybridized carbons (Fsp3) is 0.500. The molecule has 1 aliphatic carbocycles. The smallest absolute Gasteiger partial charge is 0.0571 e. The van der Waals surface area contributed by atoms with E-state index in [0.29, 0.717) is 5.92 Å². The van der Waals surface area contributed by atoms with Crippen LogP contribution in [0.1, 0.15) is 24.8 Å². The van der Waals surface area contributed by atoms with Gasteiger partial charge in [-0.1, -0.05) is 36.8 Å². The molecular weight excluding hydrogens is 160 g/mol. The van der Waals surface area contributed by atoms with E-state index in [-0.39, 0.29) is 6.10 Å². The molecule has 0 bridgehead atoms. The minimum atomic E-state index is -0.0554. The second-order valence-corrected chi connectivity index (χ2v) is 3.95. The molecule has 0 aromatic heterocycles. The van der Waals surface area contributed by atoms with Crippen molar-refractivity contribution in [2.75, 3.05) is 0 Å². The zero-order valence-electron chi connectivity index (χ0n) is 7.82. The van der Waals surface area contributed by atoms with Gasteiger partial charge in [0.05, 0.1) is 6.10 Å². The number of hydrogen-bond donors (Lipinski definition) is 1. The van der Waals surface area contributed by atoms with Crippen molar-refractivity contribution < 1.29 is 5.11 Å². The molecule has 0 saturated heterocycles. The summed E-state index contributed by atoms with van der Waals surface area (Å²) in [5, 5.41) is 9.65.